The molecule has 2 fully saturated rings. The van der Waals surface area contributed by atoms with Crippen LogP contribution in [0.1, 0.15) is 43.2 Å². The number of aromatic nitrogens is 2. The Morgan fingerprint density at radius 1 is 1.12 bits per heavy atom. The molecule has 0 aliphatic carbocycles. The molecule has 174 valence electrons. The molecule has 2 aliphatic heterocycles. The van der Waals surface area contributed by atoms with Crippen molar-refractivity contribution < 1.29 is 21.9 Å². The highest BCUT2D eigenvalue weighted by molar-refractivity contribution is 7.80. The molecule has 2 saturated heterocycles. The van der Waals surface area contributed by atoms with E-state index >= 15 is 0 Å². The molecule has 3 heterocycles. The van der Waals surface area contributed by atoms with Crippen LogP contribution >= 0.6 is 0 Å². The van der Waals surface area contributed by atoms with E-state index in [9.17, 15) is 21.9 Å². The van der Waals surface area contributed by atoms with Gasteiger partial charge in [0.1, 0.15) is 5.82 Å². The van der Waals surface area contributed by atoms with E-state index in [1.54, 1.807) is 13.0 Å². The summed E-state index contributed by atoms with van der Waals surface area (Å²) in [5.41, 5.74) is 0.0807. The molecule has 0 spiro atoms. The van der Waals surface area contributed by atoms with Gasteiger partial charge in [-0.05, 0) is 69.5 Å². The molecule has 0 bridgehead atoms. The summed E-state index contributed by atoms with van der Waals surface area (Å²) in [6.45, 7) is 4.02. The van der Waals surface area contributed by atoms with E-state index < -0.39 is 23.0 Å². The number of fused-ring (bicyclic) bond motifs is 1. The fourth-order valence-corrected chi connectivity index (χ4v) is 5.09. The lowest BCUT2D eigenvalue weighted by Gasteiger charge is -2.44. The van der Waals surface area contributed by atoms with E-state index in [1.807, 2.05) is 0 Å². The van der Waals surface area contributed by atoms with Crippen LogP contribution in [0, 0.1) is 6.92 Å². The maximum atomic E-state index is 13.1. The summed E-state index contributed by atoms with van der Waals surface area (Å²) in [5, 5.41) is 12.0. The zero-order valence-electron chi connectivity index (χ0n) is 17.6. The molecule has 4 rings (SSSR count). The van der Waals surface area contributed by atoms with Gasteiger partial charge in [-0.25, -0.2) is 0 Å². The van der Waals surface area contributed by atoms with Gasteiger partial charge in [0, 0.05) is 28.9 Å². The summed E-state index contributed by atoms with van der Waals surface area (Å²) in [6.07, 6.45) is 1.16. The Hall–Kier alpha value is -2.24. The molecule has 3 atom stereocenters. The second-order valence-corrected chi connectivity index (χ2v) is 9.02. The summed E-state index contributed by atoms with van der Waals surface area (Å²) < 4.78 is 63.6. The Labute approximate surface area is 187 Å². The van der Waals surface area contributed by atoms with Crippen molar-refractivity contribution in [2.45, 2.75) is 57.3 Å². The van der Waals surface area contributed by atoms with Crippen LogP contribution in [0.25, 0.3) is 11.3 Å². The maximum Gasteiger partial charge on any atom is 0.416 e. The monoisotopic (exact) mass is 468 g/mol. The summed E-state index contributed by atoms with van der Waals surface area (Å²) in [4.78, 5) is 2.53. The number of nitrogens with one attached hydrogen (secondary N) is 2. The Bertz CT molecular complexity index is 1000. The van der Waals surface area contributed by atoms with Gasteiger partial charge in [0.15, 0.2) is 0 Å². The van der Waals surface area contributed by atoms with E-state index in [1.165, 1.54) is 18.9 Å². The topological polar surface area (TPSA) is 93.2 Å². The summed E-state index contributed by atoms with van der Waals surface area (Å²) >= 11 is -2.79. The smallest absolute Gasteiger partial charge is 0.416 e. The van der Waals surface area contributed by atoms with E-state index in [0.29, 0.717) is 23.1 Å². The van der Waals surface area contributed by atoms with Gasteiger partial charge in [-0.15, -0.1) is 10.2 Å². The van der Waals surface area contributed by atoms with Gasteiger partial charge in [-0.1, -0.05) is 12.5 Å². The number of nitrogens with zero attached hydrogens (tertiary/aromatic N) is 3. The van der Waals surface area contributed by atoms with Crippen molar-refractivity contribution >= 4 is 22.8 Å². The highest BCUT2D eigenvalue weighted by Crippen LogP contribution is 2.37. The molecule has 2 aromatic rings. The first kappa shape index (κ1) is 22.9. The number of rotatable bonds is 5. The molecule has 1 aromatic heterocycles. The third kappa shape index (κ3) is 5.05. The largest absolute Gasteiger partial charge is 0.755 e. The van der Waals surface area contributed by atoms with Crippen molar-refractivity contribution in [1.29, 1.82) is 0 Å². The molecule has 2 N–H and O–H groups in total. The lowest BCUT2D eigenvalue weighted by molar-refractivity contribution is -0.137. The lowest BCUT2D eigenvalue weighted by atomic mass is 9.89. The summed E-state index contributed by atoms with van der Waals surface area (Å²) in [5.74, 6) is 0.609. The molecule has 7 nitrogen and oxygen atoms in total. The average Bonchev–Trinajstić information content (AvgIpc) is 2.73. The molecule has 2 aliphatic rings. The number of hydrogen-bond donors (Lipinski definition) is 2. The van der Waals surface area contributed by atoms with Crippen LogP contribution in [0.5, 0.6) is 0 Å². The highest BCUT2D eigenvalue weighted by atomic mass is 32.2. The molecule has 11 heteroatoms. The maximum absolute atomic E-state index is 13.1. The van der Waals surface area contributed by atoms with E-state index in [2.05, 4.69) is 25.1 Å². The number of hydrogen-bond acceptors (Lipinski definition) is 6. The minimum atomic E-state index is -4.60. The van der Waals surface area contributed by atoms with Crippen molar-refractivity contribution in [3.8, 4) is 11.3 Å². The van der Waals surface area contributed by atoms with Crippen LogP contribution in [-0.2, 0) is 17.4 Å². The fraction of sp³-hybridized carbons (Fsp3) is 0.524. The predicted molar refractivity (Wildman–Crippen MR) is 116 cm³/mol. The molecule has 0 saturated carbocycles. The molecular weight excluding hydrogens is 443 g/mol. The summed E-state index contributed by atoms with van der Waals surface area (Å²) in [6, 6.07) is 5.43. The molecule has 0 radical (unpaired) electrons. The predicted octanol–water partition coefficient (Wildman–Crippen LogP) is 4.11. The second kappa shape index (κ2) is 9.32. The minimum absolute atomic E-state index is 0.198. The highest BCUT2D eigenvalue weighted by Gasteiger charge is 2.33. The van der Waals surface area contributed by atoms with Crippen LogP contribution in [0.4, 0.5) is 24.7 Å². The Morgan fingerprint density at radius 3 is 2.62 bits per heavy atom. The van der Waals surface area contributed by atoms with Crippen LogP contribution in [0.2, 0.25) is 0 Å². The van der Waals surface area contributed by atoms with Crippen LogP contribution in [0.3, 0.4) is 0 Å². The van der Waals surface area contributed by atoms with Crippen LogP contribution in [-0.4, -0.2) is 49.0 Å². The van der Waals surface area contributed by atoms with Gasteiger partial charge in [0.25, 0.3) is 0 Å². The standard InChI is InChI=1S/C21H26F3N5O2S/c1-13-11-19(25-16-5-4-10-29-9-3-2-6-18(16)29)26-27-20(13)15-8-7-14(21(22,23)24)12-17(15)28-32(30)31/h7-8,11-12,16,18,28H,2-6,9-10H2,1H3,(H,25,26)(H,30,31)/p-1. The second-order valence-electron chi connectivity index (χ2n) is 8.35. The van der Waals surface area contributed by atoms with Crippen LogP contribution in [0.15, 0.2) is 24.3 Å². The first-order chi connectivity index (χ1) is 15.2. The molecule has 32 heavy (non-hydrogen) atoms. The zero-order valence-corrected chi connectivity index (χ0v) is 18.4. The number of halogens is 3. The van der Waals surface area contributed by atoms with E-state index in [-0.39, 0.29) is 17.3 Å². The minimum Gasteiger partial charge on any atom is -0.755 e. The fourth-order valence-electron chi connectivity index (χ4n) is 4.74. The van der Waals surface area contributed by atoms with Crippen molar-refractivity contribution in [1.82, 2.24) is 15.1 Å². The van der Waals surface area contributed by atoms with Gasteiger partial charge in [-0.3, -0.25) is 9.11 Å². The quantitative estimate of drug-likeness (QED) is 0.642. The van der Waals surface area contributed by atoms with E-state index in [0.717, 1.165) is 44.5 Å². The number of anilines is 2. The van der Waals surface area contributed by atoms with Gasteiger partial charge in [0.2, 0.25) is 0 Å². The van der Waals surface area contributed by atoms with Crippen molar-refractivity contribution in [2.24, 2.45) is 0 Å². The zero-order chi connectivity index (χ0) is 22.9. The Morgan fingerprint density at radius 2 is 1.91 bits per heavy atom. The first-order valence-electron chi connectivity index (χ1n) is 10.6. The molecular formula is C21H25F3N5O2S-. The lowest BCUT2D eigenvalue weighted by Crippen LogP contribution is -2.53. The number of benzene rings is 1. The van der Waals surface area contributed by atoms with Gasteiger partial charge >= 0.3 is 6.18 Å². The molecule has 3 unspecified atom stereocenters. The SMILES string of the molecule is Cc1cc(NC2CCCN3CCCCC23)nnc1-c1ccc(C(F)(F)F)cc1NS(=O)[O-]. The molecule has 0 amide bonds. The third-order valence-corrected chi connectivity index (χ3v) is 6.59. The third-order valence-electron chi connectivity index (χ3n) is 6.20. The number of piperidine rings is 2. The summed E-state index contributed by atoms with van der Waals surface area (Å²) in [7, 11) is 0. The average molecular weight is 469 g/mol. The van der Waals surface area contributed by atoms with Gasteiger partial charge in [-0.2, -0.15) is 13.2 Å². The normalized spacial score (nSPS) is 22.8. The van der Waals surface area contributed by atoms with Crippen LogP contribution < -0.4 is 10.0 Å². The first-order valence-corrected chi connectivity index (χ1v) is 11.7. The van der Waals surface area contributed by atoms with Crippen molar-refractivity contribution in [3.63, 3.8) is 0 Å². The van der Waals surface area contributed by atoms with Crippen molar-refractivity contribution in [3.05, 3.63) is 35.4 Å². The van der Waals surface area contributed by atoms with E-state index in [4.69, 9.17) is 0 Å². The number of aryl methyl sites for hydroxylation is 1. The Balaban J connectivity index is 1.60. The molecule has 1 aromatic carbocycles. The van der Waals surface area contributed by atoms with Crippen molar-refractivity contribution in [2.75, 3.05) is 23.1 Å². The Kier molecular flexibility index (Phi) is 6.68. The van der Waals surface area contributed by atoms with Gasteiger partial charge < -0.3 is 14.6 Å². The van der Waals surface area contributed by atoms with Gasteiger partial charge in [0.05, 0.1) is 16.9 Å². The number of alkyl halides is 3.